The minimum Gasteiger partial charge on any atom is -0.491 e. The topological polar surface area (TPSA) is 49.8 Å². The highest BCUT2D eigenvalue weighted by Gasteiger charge is 2.34. The lowest BCUT2D eigenvalue weighted by Gasteiger charge is -2.37. The van der Waals surface area contributed by atoms with Gasteiger partial charge in [-0.05, 0) is 36.6 Å². The molecule has 1 N–H and O–H groups in total. The summed E-state index contributed by atoms with van der Waals surface area (Å²) in [6.45, 7) is 1.32. The zero-order valence-corrected chi connectivity index (χ0v) is 14.2. The van der Waals surface area contributed by atoms with E-state index in [-0.39, 0.29) is 12.5 Å². The predicted molar refractivity (Wildman–Crippen MR) is 98.2 cm³/mol. The number of carbonyl (C=O) groups is 1. The van der Waals surface area contributed by atoms with Gasteiger partial charge in [0.2, 0.25) is 5.91 Å². The fraction of sp³-hybridized carbons (Fsp3) is 0.286. The van der Waals surface area contributed by atoms with Gasteiger partial charge in [0, 0.05) is 19.2 Å². The minimum atomic E-state index is -0.879. The summed E-state index contributed by atoms with van der Waals surface area (Å²) in [6, 6.07) is 19.2. The van der Waals surface area contributed by atoms with Crippen molar-refractivity contribution in [2.75, 3.05) is 19.7 Å². The molecule has 0 radical (unpaired) electrons. The van der Waals surface area contributed by atoms with Crippen LogP contribution in [-0.2, 0) is 4.79 Å². The van der Waals surface area contributed by atoms with Crippen molar-refractivity contribution in [1.82, 2.24) is 4.90 Å². The SMILES string of the molecule is O=C(/C=C/c1ccccc1)N1CCC(O)(COc2ccccc2)CC1. The average molecular weight is 337 g/mol. The van der Waals surface area contributed by atoms with Gasteiger partial charge in [0.1, 0.15) is 18.0 Å². The van der Waals surface area contributed by atoms with E-state index in [9.17, 15) is 9.90 Å². The third kappa shape index (κ3) is 4.94. The molecule has 0 unspecified atom stereocenters. The zero-order valence-electron chi connectivity index (χ0n) is 14.2. The first-order valence-electron chi connectivity index (χ1n) is 8.57. The van der Waals surface area contributed by atoms with Crippen molar-refractivity contribution < 1.29 is 14.6 Å². The largest absolute Gasteiger partial charge is 0.491 e. The van der Waals surface area contributed by atoms with Crippen molar-refractivity contribution in [3.8, 4) is 5.75 Å². The molecule has 1 aliphatic rings. The number of benzene rings is 2. The molecule has 2 aromatic rings. The van der Waals surface area contributed by atoms with Gasteiger partial charge in [-0.1, -0.05) is 48.5 Å². The molecule has 0 bridgehead atoms. The first-order chi connectivity index (χ1) is 12.1. The van der Waals surface area contributed by atoms with Crippen LogP contribution in [0.25, 0.3) is 6.08 Å². The number of aliphatic hydroxyl groups is 1. The Labute approximate surface area is 148 Å². The highest BCUT2D eigenvalue weighted by Crippen LogP contribution is 2.24. The summed E-state index contributed by atoms with van der Waals surface area (Å²) < 4.78 is 5.68. The molecule has 1 fully saturated rings. The molecule has 1 amide bonds. The molecule has 4 nitrogen and oxygen atoms in total. The van der Waals surface area contributed by atoms with Crippen molar-refractivity contribution >= 4 is 12.0 Å². The number of amides is 1. The molecular weight excluding hydrogens is 314 g/mol. The van der Waals surface area contributed by atoms with E-state index in [0.717, 1.165) is 11.3 Å². The van der Waals surface area contributed by atoms with Gasteiger partial charge in [-0.3, -0.25) is 4.79 Å². The fourth-order valence-electron chi connectivity index (χ4n) is 2.86. The number of rotatable bonds is 5. The molecule has 2 aromatic carbocycles. The lowest BCUT2D eigenvalue weighted by atomic mass is 9.92. The fourth-order valence-corrected chi connectivity index (χ4v) is 2.86. The third-order valence-electron chi connectivity index (χ3n) is 4.47. The lowest BCUT2D eigenvalue weighted by molar-refractivity contribution is -0.131. The first-order valence-corrected chi connectivity index (χ1v) is 8.57. The average Bonchev–Trinajstić information content (AvgIpc) is 2.67. The second-order valence-corrected chi connectivity index (χ2v) is 6.40. The number of hydrogen-bond acceptors (Lipinski definition) is 3. The van der Waals surface area contributed by atoms with Crippen LogP contribution in [0.4, 0.5) is 0 Å². The lowest BCUT2D eigenvalue weighted by Crippen LogP contribution is -2.49. The van der Waals surface area contributed by atoms with E-state index in [1.165, 1.54) is 0 Å². The number of likely N-dealkylation sites (tertiary alicyclic amines) is 1. The van der Waals surface area contributed by atoms with Gasteiger partial charge >= 0.3 is 0 Å². The van der Waals surface area contributed by atoms with E-state index >= 15 is 0 Å². The summed E-state index contributed by atoms with van der Waals surface area (Å²) in [5.74, 6) is 0.732. The second-order valence-electron chi connectivity index (χ2n) is 6.40. The van der Waals surface area contributed by atoms with E-state index in [1.54, 1.807) is 11.0 Å². The summed E-state index contributed by atoms with van der Waals surface area (Å²) in [6.07, 6.45) is 4.46. The maximum Gasteiger partial charge on any atom is 0.246 e. The van der Waals surface area contributed by atoms with Crippen LogP contribution in [0.3, 0.4) is 0 Å². The van der Waals surface area contributed by atoms with Gasteiger partial charge < -0.3 is 14.7 Å². The summed E-state index contributed by atoms with van der Waals surface area (Å²) in [4.78, 5) is 14.1. The summed E-state index contributed by atoms with van der Waals surface area (Å²) in [5, 5.41) is 10.7. The third-order valence-corrected chi connectivity index (χ3v) is 4.47. The Kier molecular flexibility index (Phi) is 5.51. The van der Waals surface area contributed by atoms with Gasteiger partial charge in [-0.2, -0.15) is 0 Å². The van der Waals surface area contributed by atoms with Crippen LogP contribution in [0.1, 0.15) is 18.4 Å². The van der Waals surface area contributed by atoms with Gasteiger partial charge in [0.05, 0.1) is 0 Å². The Hall–Kier alpha value is -2.59. The molecule has 3 rings (SSSR count). The molecule has 0 saturated carbocycles. The monoisotopic (exact) mass is 337 g/mol. The Morgan fingerprint density at radius 2 is 1.64 bits per heavy atom. The van der Waals surface area contributed by atoms with Crippen LogP contribution in [-0.4, -0.2) is 41.2 Å². The Morgan fingerprint density at radius 1 is 1.04 bits per heavy atom. The number of nitrogens with zero attached hydrogens (tertiary/aromatic N) is 1. The molecule has 0 atom stereocenters. The van der Waals surface area contributed by atoms with Gasteiger partial charge in [0.15, 0.2) is 0 Å². The Balaban J connectivity index is 1.49. The van der Waals surface area contributed by atoms with Crippen LogP contribution in [0.5, 0.6) is 5.75 Å². The molecule has 130 valence electrons. The number of hydrogen-bond donors (Lipinski definition) is 1. The maximum atomic E-state index is 12.3. The molecule has 1 heterocycles. The number of ether oxygens (including phenoxy) is 1. The maximum absolute atomic E-state index is 12.3. The van der Waals surface area contributed by atoms with Crippen molar-refractivity contribution in [2.45, 2.75) is 18.4 Å². The molecule has 0 aliphatic carbocycles. The molecule has 1 saturated heterocycles. The van der Waals surface area contributed by atoms with E-state index in [2.05, 4.69) is 0 Å². The quantitative estimate of drug-likeness (QED) is 0.853. The summed E-state index contributed by atoms with van der Waals surface area (Å²) in [7, 11) is 0. The zero-order chi connectivity index (χ0) is 17.5. The highest BCUT2D eigenvalue weighted by molar-refractivity contribution is 5.91. The minimum absolute atomic E-state index is 0.0186. The van der Waals surface area contributed by atoms with Crippen LogP contribution >= 0.6 is 0 Å². The van der Waals surface area contributed by atoms with Crippen LogP contribution in [0, 0.1) is 0 Å². The summed E-state index contributed by atoms with van der Waals surface area (Å²) >= 11 is 0. The number of para-hydroxylation sites is 1. The number of piperidine rings is 1. The normalized spacial score (nSPS) is 16.8. The summed E-state index contributed by atoms with van der Waals surface area (Å²) in [5.41, 5.74) is 0.121. The standard InChI is InChI=1S/C21H23NO3/c23-20(12-11-18-7-3-1-4-8-18)22-15-13-21(24,14-16-22)17-25-19-9-5-2-6-10-19/h1-12,24H,13-17H2/b12-11+. The molecule has 4 heteroatoms. The van der Waals surface area contributed by atoms with E-state index in [1.807, 2.05) is 66.7 Å². The molecule has 0 aromatic heterocycles. The van der Waals surface area contributed by atoms with Gasteiger partial charge in [-0.25, -0.2) is 0 Å². The van der Waals surface area contributed by atoms with Crippen molar-refractivity contribution in [2.24, 2.45) is 0 Å². The van der Waals surface area contributed by atoms with Crippen LogP contribution in [0.15, 0.2) is 66.7 Å². The van der Waals surface area contributed by atoms with Crippen LogP contribution < -0.4 is 4.74 Å². The Bertz CT molecular complexity index is 704. The van der Waals surface area contributed by atoms with E-state index in [0.29, 0.717) is 25.9 Å². The molecule has 25 heavy (non-hydrogen) atoms. The Morgan fingerprint density at radius 3 is 2.28 bits per heavy atom. The van der Waals surface area contributed by atoms with E-state index in [4.69, 9.17) is 4.74 Å². The van der Waals surface area contributed by atoms with Gasteiger partial charge in [-0.15, -0.1) is 0 Å². The molecular formula is C21H23NO3. The van der Waals surface area contributed by atoms with Crippen molar-refractivity contribution in [3.63, 3.8) is 0 Å². The highest BCUT2D eigenvalue weighted by atomic mass is 16.5. The predicted octanol–water partition coefficient (Wildman–Crippen LogP) is 3.13. The molecule has 1 aliphatic heterocycles. The number of carbonyl (C=O) groups excluding carboxylic acids is 1. The van der Waals surface area contributed by atoms with Crippen molar-refractivity contribution in [3.05, 3.63) is 72.3 Å². The van der Waals surface area contributed by atoms with E-state index < -0.39 is 5.60 Å². The molecule has 0 spiro atoms. The van der Waals surface area contributed by atoms with Crippen molar-refractivity contribution in [1.29, 1.82) is 0 Å². The first kappa shape index (κ1) is 17.2. The van der Waals surface area contributed by atoms with Gasteiger partial charge in [0.25, 0.3) is 0 Å². The smallest absolute Gasteiger partial charge is 0.246 e. The second kappa shape index (κ2) is 7.99. The van der Waals surface area contributed by atoms with Crippen LogP contribution in [0.2, 0.25) is 0 Å².